The van der Waals surface area contributed by atoms with E-state index in [9.17, 15) is 4.79 Å². The van der Waals surface area contributed by atoms with Crippen LogP contribution in [0.15, 0.2) is 66.7 Å². The summed E-state index contributed by atoms with van der Waals surface area (Å²) in [4.78, 5) is 14.3. The summed E-state index contributed by atoms with van der Waals surface area (Å²) in [6.07, 6.45) is 0. The Balaban J connectivity index is 1.96. The molecule has 0 aromatic heterocycles. The van der Waals surface area contributed by atoms with Crippen LogP contribution < -0.4 is 4.90 Å². The molecule has 0 atom stereocenters. The number of carbonyl (C=O) groups excluding carboxylic acids is 1. The minimum Gasteiger partial charge on any atom is -0.311 e. The van der Waals surface area contributed by atoms with Gasteiger partial charge >= 0.3 is 0 Å². The summed E-state index contributed by atoms with van der Waals surface area (Å²) in [7, 11) is 1.81. The first-order chi connectivity index (χ1) is 10.1. The molecule has 0 fully saturated rings. The summed E-state index contributed by atoms with van der Waals surface area (Å²) in [6.45, 7) is 1.99. The minimum atomic E-state index is 0.00832. The lowest BCUT2D eigenvalue weighted by atomic mass is 10.1. The summed E-state index contributed by atoms with van der Waals surface area (Å²) >= 11 is 0. The average molecular weight is 275 g/mol. The maximum atomic E-state index is 12.6. The van der Waals surface area contributed by atoms with Crippen LogP contribution in [0, 0.1) is 6.92 Å². The van der Waals surface area contributed by atoms with Crippen molar-refractivity contribution in [1.82, 2.24) is 0 Å². The number of hydrogen-bond acceptors (Lipinski definition) is 1. The van der Waals surface area contributed by atoms with Gasteiger partial charge in [-0.3, -0.25) is 4.79 Å². The first-order valence-electron chi connectivity index (χ1n) is 6.99. The van der Waals surface area contributed by atoms with E-state index in [1.54, 1.807) is 4.90 Å². The van der Waals surface area contributed by atoms with Crippen molar-refractivity contribution in [3.05, 3.63) is 77.9 Å². The predicted octanol–water partition coefficient (Wildman–Crippen LogP) is 4.42. The highest BCUT2D eigenvalue weighted by Gasteiger charge is 2.13. The van der Waals surface area contributed by atoms with Crippen LogP contribution in [-0.4, -0.2) is 13.0 Å². The first-order valence-corrected chi connectivity index (χ1v) is 6.99. The number of aryl methyl sites for hydroxylation is 1. The van der Waals surface area contributed by atoms with Crippen molar-refractivity contribution >= 4 is 22.4 Å². The lowest BCUT2D eigenvalue weighted by molar-refractivity contribution is 0.0993. The molecule has 2 heteroatoms. The quantitative estimate of drug-likeness (QED) is 0.677. The van der Waals surface area contributed by atoms with Gasteiger partial charge in [-0.1, -0.05) is 48.0 Å². The van der Waals surface area contributed by atoms with Crippen molar-refractivity contribution in [1.29, 1.82) is 0 Å². The Labute approximate surface area is 124 Å². The summed E-state index contributed by atoms with van der Waals surface area (Å²) in [5, 5.41) is 2.32. The third kappa shape index (κ3) is 2.65. The van der Waals surface area contributed by atoms with Crippen molar-refractivity contribution in [3.8, 4) is 0 Å². The van der Waals surface area contributed by atoms with Crippen molar-refractivity contribution in [3.63, 3.8) is 0 Å². The van der Waals surface area contributed by atoms with Crippen LogP contribution in [-0.2, 0) is 0 Å². The Kier molecular flexibility index (Phi) is 3.44. The highest BCUT2D eigenvalue weighted by Crippen LogP contribution is 2.22. The van der Waals surface area contributed by atoms with Crippen LogP contribution in [0.2, 0.25) is 0 Å². The molecule has 0 bridgehead atoms. The predicted molar refractivity (Wildman–Crippen MR) is 87.9 cm³/mol. The van der Waals surface area contributed by atoms with E-state index in [1.165, 1.54) is 5.39 Å². The second kappa shape index (κ2) is 5.41. The molecule has 0 saturated carbocycles. The molecule has 3 aromatic carbocycles. The molecule has 3 rings (SSSR count). The molecule has 0 saturated heterocycles. The number of nitrogens with zero attached hydrogens (tertiary/aromatic N) is 1. The summed E-state index contributed by atoms with van der Waals surface area (Å²) in [5.74, 6) is 0.00832. The Morgan fingerprint density at radius 2 is 1.62 bits per heavy atom. The van der Waals surface area contributed by atoms with E-state index >= 15 is 0 Å². The molecule has 0 spiro atoms. The maximum Gasteiger partial charge on any atom is 0.258 e. The number of benzene rings is 3. The molecule has 1 amide bonds. The molecule has 21 heavy (non-hydrogen) atoms. The van der Waals surface area contributed by atoms with Gasteiger partial charge in [-0.15, -0.1) is 0 Å². The molecule has 0 aliphatic heterocycles. The largest absolute Gasteiger partial charge is 0.311 e. The molecule has 2 nitrogen and oxygen atoms in total. The highest BCUT2D eigenvalue weighted by molar-refractivity contribution is 6.06. The monoisotopic (exact) mass is 275 g/mol. The van der Waals surface area contributed by atoms with E-state index in [1.807, 2.05) is 68.6 Å². The van der Waals surface area contributed by atoms with Crippen molar-refractivity contribution < 1.29 is 4.79 Å². The second-order valence-corrected chi connectivity index (χ2v) is 5.27. The highest BCUT2D eigenvalue weighted by atomic mass is 16.2. The Morgan fingerprint density at radius 3 is 2.38 bits per heavy atom. The van der Waals surface area contributed by atoms with Gasteiger partial charge in [0.15, 0.2) is 0 Å². The Hall–Kier alpha value is -2.61. The summed E-state index contributed by atoms with van der Waals surface area (Å²) < 4.78 is 0. The SMILES string of the molecule is Cc1cccc(C(=O)N(C)c2ccc3ccccc3c2)c1. The standard InChI is InChI=1S/C19H17NO/c1-14-6-5-9-17(12-14)19(21)20(2)18-11-10-15-7-3-4-8-16(15)13-18/h3-13H,1-2H3. The molecular weight excluding hydrogens is 258 g/mol. The van der Waals surface area contributed by atoms with E-state index in [-0.39, 0.29) is 5.91 Å². The topological polar surface area (TPSA) is 20.3 Å². The van der Waals surface area contributed by atoms with Crippen LogP contribution in [0.3, 0.4) is 0 Å². The van der Waals surface area contributed by atoms with Gasteiger partial charge in [-0.25, -0.2) is 0 Å². The molecule has 0 unspecified atom stereocenters. The van der Waals surface area contributed by atoms with Crippen molar-refractivity contribution in [2.45, 2.75) is 6.92 Å². The zero-order valence-corrected chi connectivity index (χ0v) is 12.2. The summed E-state index contributed by atoms with van der Waals surface area (Å²) in [5.41, 5.74) is 2.71. The normalized spacial score (nSPS) is 10.6. The van der Waals surface area contributed by atoms with Gasteiger partial charge in [0.05, 0.1) is 0 Å². The fourth-order valence-electron chi connectivity index (χ4n) is 2.47. The summed E-state index contributed by atoms with van der Waals surface area (Å²) in [6, 6.07) is 21.9. The fourth-order valence-corrected chi connectivity index (χ4v) is 2.47. The average Bonchev–Trinajstić information content (AvgIpc) is 2.53. The van der Waals surface area contributed by atoms with E-state index in [0.717, 1.165) is 16.6 Å². The minimum absolute atomic E-state index is 0.00832. The Bertz CT molecular complexity index is 807. The fraction of sp³-hybridized carbons (Fsp3) is 0.105. The van der Waals surface area contributed by atoms with Crippen LogP contribution in [0.25, 0.3) is 10.8 Å². The van der Waals surface area contributed by atoms with Crippen molar-refractivity contribution in [2.24, 2.45) is 0 Å². The van der Waals surface area contributed by atoms with Gasteiger partial charge in [0, 0.05) is 18.3 Å². The third-order valence-electron chi connectivity index (χ3n) is 3.69. The second-order valence-electron chi connectivity index (χ2n) is 5.27. The van der Waals surface area contributed by atoms with Gasteiger partial charge in [-0.2, -0.15) is 0 Å². The number of anilines is 1. The molecule has 0 N–H and O–H groups in total. The molecule has 0 aliphatic rings. The molecular formula is C19H17NO. The maximum absolute atomic E-state index is 12.6. The van der Waals surface area contributed by atoms with Gasteiger partial charge in [0.1, 0.15) is 0 Å². The van der Waals surface area contributed by atoms with Gasteiger partial charge in [-0.05, 0) is 42.0 Å². The van der Waals surface area contributed by atoms with Crippen LogP contribution in [0.1, 0.15) is 15.9 Å². The van der Waals surface area contributed by atoms with E-state index in [0.29, 0.717) is 5.56 Å². The lowest BCUT2D eigenvalue weighted by Crippen LogP contribution is -2.26. The smallest absolute Gasteiger partial charge is 0.258 e. The van der Waals surface area contributed by atoms with E-state index in [2.05, 4.69) is 12.1 Å². The van der Waals surface area contributed by atoms with Gasteiger partial charge in [0.2, 0.25) is 0 Å². The molecule has 3 aromatic rings. The number of amides is 1. The first kappa shape index (κ1) is 13.4. The molecule has 0 radical (unpaired) electrons. The molecule has 0 heterocycles. The van der Waals surface area contributed by atoms with Crippen LogP contribution in [0.5, 0.6) is 0 Å². The molecule has 0 aliphatic carbocycles. The van der Waals surface area contributed by atoms with Crippen LogP contribution >= 0.6 is 0 Å². The van der Waals surface area contributed by atoms with E-state index < -0.39 is 0 Å². The zero-order valence-electron chi connectivity index (χ0n) is 12.2. The number of rotatable bonds is 2. The number of carbonyl (C=O) groups is 1. The zero-order chi connectivity index (χ0) is 14.8. The van der Waals surface area contributed by atoms with Gasteiger partial charge < -0.3 is 4.90 Å². The number of hydrogen-bond donors (Lipinski definition) is 0. The Morgan fingerprint density at radius 1 is 0.857 bits per heavy atom. The van der Waals surface area contributed by atoms with E-state index in [4.69, 9.17) is 0 Å². The van der Waals surface area contributed by atoms with Gasteiger partial charge in [0.25, 0.3) is 5.91 Å². The lowest BCUT2D eigenvalue weighted by Gasteiger charge is -2.18. The van der Waals surface area contributed by atoms with Crippen molar-refractivity contribution in [2.75, 3.05) is 11.9 Å². The third-order valence-corrected chi connectivity index (χ3v) is 3.69. The number of fused-ring (bicyclic) bond motifs is 1. The molecule has 104 valence electrons. The van der Waals surface area contributed by atoms with Crippen LogP contribution in [0.4, 0.5) is 5.69 Å².